The predicted octanol–water partition coefficient (Wildman–Crippen LogP) is 3.17. The quantitative estimate of drug-likeness (QED) is 0.897. The summed E-state index contributed by atoms with van der Waals surface area (Å²) in [4.78, 5) is 12.7. The number of carbonyl (C=O) groups excluding carboxylic acids is 1. The van der Waals surface area contributed by atoms with Crippen LogP contribution in [-0.4, -0.2) is 19.0 Å². The van der Waals surface area contributed by atoms with Gasteiger partial charge in [0.1, 0.15) is 0 Å². The molecule has 0 aromatic heterocycles. The van der Waals surface area contributed by atoms with Crippen LogP contribution in [0.1, 0.15) is 19.8 Å². The number of fused-ring (bicyclic) bond motifs is 1. The van der Waals surface area contributed by atoms with E-state index in [1.807, 2.05) is 24.3 Å². The molecule has 1 amide bonds. The zero-order valence-corrected chi connectivity index (χ0v) is 11.8. The molecule has 104 valence electrons. The van der Waals surface area contributed by atoms with Gasteiger partial charge in [0.05, 0.1) is 5.41 Å². The molecule has 0 spiro atoms. The van der Waals surface area contributed by atoms with Crippen LogP contribution in [0.4, 0.5) is 5.69 Å². The predicted molar refractivity (Wildman–Crippen MR) is 82.8 cm³/mol. The van der Waals surface area contributed by atoms with E-state index in [9.17, 15) is 4.79 Å². The summed E-state index contributed by atoms with van der Waals surface area (Å²) in [5.41, 5.74) is 0.657. The van der Waals surface area contributed by atoms with Gasteiger partial charge in [0.25, 0.3) is 0 Å². The lowest BCUT2D eigenvalue weighted by Crippen LogP contribution is -2.37. The fraction of sp³-hybridized carbons (Fsp3) is 0.353. The maximum atomic E-state index is 12.7. The highest BCUT2D eigenvalue weighted by atomic mass is 16.2. The summed E-state index contributed by atoms with van der Waals surface area (Å²) in [5.74, 6) is 0.140. The Labute approximate surface area is 119 Å². The highest BCUT2D eigenvalue weighted by Crippen LogP contribution is 2.32. The van der Waals surface area contributed by atoms with Crippen molar-refractivity contribution >= 4 is 22.4 Å². The molecule has 0 saturated carbocycles. The van der Waals surface area contributed by atoms with E-state index in [1.165, 1.54) is 0 Å². The number of amides is 1. The summed E-state index contributed by atoms with van der Waals surface area (Å²) in [6.07, 6.45) is 1.79. The summed E-state index contributed by atoms with van der Waals surface area (Å²) >= 11 is 0. The minimum Gasteiger partial charge on any atom is -0.325 e. The molecule has 1 heterocycles. The number of carbonyl (C=O) groups is 1. The molecule has 3 heteroatoms. The molecule has 3 rings (SSSR count). The van der Waals surface area contributed by atoms with Crippen LogP contribution in [0.15, 0.2) is 42.5 Å². The smallest absolute Gasteiger partial charge is 0.231 e. The second-order valence-corrected chi connectivity index (χ2v) is 5.54. The molecule has 1 unspecified atom stereocenters. The fourth-order valence-electron chi connectivity index (χ4n) is 2.99. The Balaban J connectivity index is 1.91. The Kier molecular flexibility index (Phi) is 3.45. The molecule has 2 N–H and O–H groups in total. The Morgan fingerprint density at radius 1 is 1.25 bits per heavy atom. The van der Waals surface area contributed by atoms with E-state index >= 15 is 0 Å². The third-order valence-corrected chi connectivity index (χ3v) is 4.44. The maximum Gasteiger partial charge on any atom is 0.231 e. The number of nitrogens with one attached hydrogen (secondary N) is 2. The average molecular weight is 268 g/mol. The molecule has 1 atom stereocenters. The Morgan fingerprint density at radius 2 is 2.05 bits per heavy atom. The second-order valence-electron chi connectivity index (χ2n) is 5.54. The summed E-state index contributed by atoms with van der Waals surface area (Å²) in [6.45, 7) is 3.80. The van der Waals surface area contributed by atoms with Crippen molar-refractivity contribution in [2.75, 3.05) is 18.4 Å². The van der Waals surface area contributed by atoms with Crippen molar-refractivity contribution in [3.8, 4) is 0 Å². The lowest BCUT2D eigenvalue weighted by atomic mass is 9.83. The van der Waals surface area contributed by atoms with Gasteiger partial charge >= 0.3 is 0 Å². The van der Waals surface area contributed by atoms with Gasteiger partial charge in [0, 0.05) is 17.6 Å². The van der Waals surface area contributed by atoms with Gasteiger partial charge < -0.3 is 10.6 Å². The van der Waals surface area contributed by atoms with Crippen LogP contribution in [0, 0.1) is 5.41 Å². The van der Waals surface area contributed by atoms with Crippen molar-refractivity contribution in [1.29, 1.82) is 0 Å². The molecular weight excluding hydrogens is 248 g/mol. The lowest BCUT2D eigenvalue weighted by molar-refractivity contribution is -0.124. The molecule has 20 heavy (non-hydrogen) atoms. The Bertz CT molecular complexity index is 624. The lowest BCUT2D eigenvalue weighted by Gasteiger charge is -2.25. The SMILES string of the molecule is CCC1(C(=O)Nc2cccc3ccccc23)CCNC1. The normalized spacial score (nSPS) is 22.1. The number of benzene rings is 2. The Morgan fingerprint density at radius 3 is 2.80 bits per heavy atom. The van der Waals surface area contributed by atoms with Crippen LogP contribution in [0.5, 0.6) is 0 Å². The highest BCUT2D eigenvalue weighted by molar-refractivity contribution is 6.04. The minimum absolute atomic E-state index is 0.140. The third kappa shape index (κ3) is 2.18. The first-order valence-corrected chi connectivity index (χ1v) is 7.25. The molecule has 2 aromatic rings. The van der Waals surface area contributed by atoms with Crippen molar-refractivity contribution in [3.63, 3.8) is 0 Å². The molecule has 3 nitrogen and oxygen atoms in total. The van der Waals surface area contributed by atoms with Crippen LogP contribution < -0.4 is 10.6 Å². The third-order valence-electron chi connectivity index (χ3n) is 4.44. The van der Waals surface area contributed by atoms with E-state index in [0.29, 0.717) is 0 Å². The standard InChI is InChI=1S/C17H20N2O/c1-2-17(10-11-18-12-17)16(20)19-15-9-5-7-13-6-3-4-8-14(13)15/h3-9,18H,2,10-12H2,1H3,(H,19,20). The first-order chi connectivity index (χ1) is 9.75. The topological polar surface area (TPSA) is 41.1 Å². The number of hydrogen-bond acceptors (Lipinski definition) is 2. The van der Waals surface area contributed by atoms with Gasteiger partial charge in [-0.3, -0.25) is 4.79 Å². The second kappa shape index (κ2) is 5.25. The first kappa shape index (κ1) is 13.1. The van der Waals surface area contributed by atoms with Crippen molar-refractivity contribution < 1.29 is 4.79 Å². The minimum atomic E-state index is -0.253. The maximum absolute atomic E-state index is 12.7. The fourth-order valence-corrected chi connectivity index (χ4v) is 2.99. The summed E-state index contributed by atoms with van der Waals surface area (Å²) in [5, 5.41) is 8.70. The van der Waals surface area contributed by atoms with Gasteiger partial charge in [-0.15, -0.1) is 0 Å². The van der Waals surface area contributed by atoms with E-state index in [4.69, 9.17) is 0 Å². The molecule has 0 bridgehead atoms. The van der Waals surface area contributed by atoms with Gasteiger partial charge in [-0.2, -0.15) is 0 Å². The van der Waals surface area contributed by atoms with E-state index in [0.717, 1.165) is 42.4 Å². The monoisotopic (exact) mass is 268 g/mol. The van der Waals surface area contributed by atoms with E-state index < -0.39 is 0 Å². The van der Waals surface area contributed by atoms with Crippen LogP contribution in [0.2, 0.25) is 0 Å². The Hall–Kier alpha value is -1.87. The van der Waals surface area contributed by atoms with E-state index in [-0.39, 0.29) is 11.3 Å². The number of anilines is 1. The van der Waals surface area contributed by atoms with Crippen LogP contribution in [-0.2, 0) is 4.79 Å². The van der Waals surface area contributed by atoms with Crippen LogP contribution in [0.3, 0.4) is 0 Å². The zero-order chi connectivity index (χ0) is 14.0. The first-order valence-electron chi connectivity index (χ1n) is 7.25. The molecule has 1 aliphatic rings. The van der Waals surface area contributed by atoms with Gasteiger partial charge in [-0.05, 0) is 30.8 Å². The number of hydrogen-bond donors (Lipinski definition) is 2. The molecule has 1 aliphatic heterocycles. The van der Waals surface area contributed by atoms with Crippen molar-refractivity contribution in [3.05, 3.63) is 42.5 Å². The molecule has 1 fully saturated rings. The molecule has 0 aliphatic carbocycles. The van der Waals surface area contributed by atoms with E-state index in [1.54, 1.807) is 0 Å². The molecule has 2 aromatic carbocycles. The molecule has 1 saturated heterocycles. The number of rotatable bonds is 3. The van der Waals surface area contributed by atoms with E-state index in [2.05, 4.69) is 35.8 Å². The largest absolute Gasteiger partial charge is 0.325 e. The van der Waals surface area contributed by atoms with Crippen LogP contribution in [0.25, 0.3) is 10.8 Å². The van der Waals surface area contributed by atoms with Gasteiger partial charge in [-0.1, -0.05) is 43.3 Å². The van der Waals surface area contributed by atoms with Gasteiger partial charge in [-0.25, -0.2) is 0 Å². The summed E-state index contributed by atoms with van der Waals surface area (Å²) < 4.78 is 0. The summed E-state index contributed by atoms with van der Waals surface area (Å²) in [6, 6.07) is 14.2. The van der Waals surface area contributed by atoms with Crippen molar-refractivity contribution in [2.45, 2.75) is 19.8 Å². The average Bonchev–Trinajstić information content (AvgIpc) is 2.98. The summed E-state index contributed by atoms with van der Waals surface area (Å²) in [7, 11) is 0. The van der Waals surface area contributed by atoms with Gasteiger partial charge in [0.2, 0.25) is 5.91 Å². The van der Waals surface area contributed by atoms with Crippen LogP contribution >= 0.6 is 0 Å². The zero-order valence-electron chi connectivity index (χ0n) is 11.8. The molecular formula is C17H20N2O. The van der Waals surface area contributed by atoms with Gasteiger partial charge in [0.15, 0.2) is 0 Å². The van der Waals surface area contributed by atoms with Crippen molar-refractivity contribution in [2.24, 2.45) is 5.41 Å². The van der Waals surface area contributed by atoms with Crippen molar-refractivity contribution in [1.82, 2.24) is 5.32 Å². The molecule has 0 radical (unpaired) electrons. The highest BCUT2D eigenvalue weighted by Gasteiger charge is 2.39.